The van der Waals surface area contributed by atoms with E-state index in [1.54, 1.807) is 24.3 Å². The minimum Gasteiger partial charge on any atom is -0.463 e. The molecule has 0 aromatic heterocycles. The Labute approximate surface area is 113 Å². The summed E-state index contributed by atoms with van der Waals surface area (Å²) < 4.78 is 0. The highest BCUT2D eigenvalue weighted by Crippen LogP contribution is 2.14. The zero-order chi connectivity index (χ0) is 13.5. The van der Waals surface area contributed by atoms with Crippen LogP contribution in [0.5, 0.6) is 0 Å². The number of hydrogen-bond donors (Lipinski definition) is 1. The number of hydrogen-bond acceptors (Lipinski definition) is 3. The second-order valence-corrected chi connectivity index (χ2v) is 4.65. The van der Waals surface area contributed by atoms with Crippen molar-refractivity contribution in [2.45, 2.75) is 19.3 Å². The van der Waals surface area contributed by atoms with E-state index in [9.17, 15) is 4.79 Å². The lowest BCUT2D eigenvalue weighted by Gasteiger charge is -2.27. The first-order valence-electron chi connectivity index (χ1n) is 6.71. The predicted octanol–water partition coefficient (Wildman–Crippen LogP) is 2.59. The average molecular weight is 264 g/mol. The van der Waals surface area contributed by atoms with Crippen molar-refractivity contribution in [1.29, 1.82) is 0 Å². The summed E-state index contributed by atoms with van der Waals surface area (Å²) in [5, 5.41) is 10.1. The fourth-order valence-electron chi connectivity index (χ4n) is 2.25. The van der Waals surface area contributed by atoms with Crippen LogP contribution in [0, 0.1) is 0 Å². The number of carboxylic acid groups (broad SMARTS) is 1. The molecule has 1 N–H and O–H groups in total. The maximum atomic E-state index is 11.2. The lowest BCUT2D eigenvalue weighted by molar-refractivity contribution is 0.0730. The van der Waals surface area contributed by atoms with E-state index in [1.807, 2.05) is 6.07 Å². The molecule has 0 aliphatic carbocycles. The average Bonchev–Trinajstić information content (AvgIpc) is 2.45. The Hall–Kier alpha value is -1.59. The van der Waals surface area contributed by atoms with Crippen molar-refractivity contribution >= 4 is 11.8 Å². The molecule has 1 aromatic carbocycles. The quantitative estimate of drug-likeness (QED) is 0.830. The Morgan fingerprint density at radius 3 is 2.53 bits per heavy atom. The van der Waals surface area contributed by atoms with Crippen molar-refractivity contribution in [3.05, 3.63) is 30.3 Å². The van der Waals surface area contributed by atoms with E-state index in [4.69, 9.17) is 9.94 Å². The molecular formula is C14H20N2O3. The highest BCUT2D eigenvalue weighted by atomic mass is 16.7. The molecule has 0 radical (unpaired) electrons. The molecule has 0 spiro atoms. The summed E-state index contributed by atoms with van der Waals surface area (Å²) in [5.41, 5.74) is 0.536. The Balaban J connectivity index is 1.82. The van der Waals surface area contributed by atoms with E-state index in [0.717, 1.165) is 24.7 Å². The van der Waals surface area contributed by atoms with Crippen molar-refractivity contribution < 1.29 is 14.7 Å². The van der Waals surface area contributed by atoms with Gasteiger partial charge in [-0.3, -0.25) is 4.84 Å². The molecule has 0 saturated carbocycles. The summed E-state index contributed by atoms with van der Waals surface area (Å²) >= 11 is 0. The molecule has 1 amide bonds. The van der Waals surface area contributed by atoms with Crippen LogP contribution < -0.4 is 5.06 Å². The van der Waals surface area contributed by atoms with Crippen LogP contribution in [0.4, 0.5) is 10.5 Å². The number of nitrogens with zero attached hydrogens (tertiary/aromatic N) is 2. The van der Waals surface area contributed by atoms with Crippen LogP contribution in [-0.2, 0) is 4.84 Å². The summed E-state index contributed by atoms with van der Waals surface area (Å²) in [6.07, 6.45) is 2.65. The number of amides is 1. The lowest BCUT2D eigenvalue weighted by atomic mass is 10.1. The van der Waals surface area contributed by atoms with Crippen molar-refractivity contribution in [3.63, 3.8) is 0 Å². The molecule has 1 saturated heterocycles. The van der Waals surface area contributed by atoms with Gasteiger partial charge in [0.25, 0.3) is 0 Å². The van der Waals surface area contributed by atoms with Gasteiger partial charge in [0.15, 0.2) is 0 Å². The molecule has 2 rings (SSSR count). The molecule has 104 valence electrons. The highest BCUT2D eigenvalue weighted by molar-refractivity contribution is 5.83. The van der Waals surface area contributed by atoms with Gasteiger partial charge in [-0.05, 0) is 38.1 Å². The smallest absolute Gasteiger partial charge is 0.436 e. The van der Waals surface area contributed by atoms with Crippen LogP contribution in [0.1, 0.15) is 19.3 Å². The third kappa shape index (κ3) is 4.22. The van der Waals surface area contributed by atoms with Crippen molar-refractivity contribution in [2.24, 2.45) is 0 Å². The van der Waals surface area contributed by atoms with E-state index in [1.165, 1.54) is 19.3 Å². The predicted molar refractivity (Wildman–Crippen MR) is 73.2 cm³/mol. The first kappa shape index (κ1) is 13.8. The second kappa shape index (κ2) is 7.11. The van der Waals surface area contributed by atoms with Gasteiger partial charge in [-0.25, -0.2) is 4.79 Å². The molecule has 19 heavy (non-hydrogen) atoms. The minimum absolute atomic E-state index is 0.390. The number of likely N-dealkylation sites (tertiary alicyclic amines) is 1. The molecule has 0 unspecified atom stereocenters. The summed E-state index contributed by atoms with van der Waals surface area (Å²) in [6, 6.07) is 8.86. The number of rotatable bonds is 5. The maximum absolute atomic E-state index is 11.2. The fourth-order valence-corrected chi connectivity index (χ4v) is 2.25. The van der Waals surface area contributed by atoms with Gasteiger partial charge >= 0.3 is 6.09 Å². The van der Waals surface area contributed by atoms with Gasteiger partial charge in [-0.1, -0.05) is 24.6 Å². The first-order valence-corrected chi connectivity index (χ1v) is 6.71. The largest absolute Gasteiger partial charge is 0.463 e. The summed E-state index contributed by atoms with van der Waals surface area (Å²) in [5.74, 6) is 0. The van der Waals surface area contributed by atoms with Gasteiger partial charge in [0, 0.05) is 6.54 Å². The highest BCUT2D eigenvalue weighted by Gasteiger charge is 2.16. The number of benzene rings is 1. The van der Waals surface area contributed by atoms with E-state index >= 15 is 0 Å². The van der Waals surface area contributed by atoms with Crippen LogP contribution in [0.3, 0.4) is 0 Å². The molecule has 1 aliphatic rings. The molecular weight excluding hydrogens is 244 g/mol. The molecule has 5 heteroatoms. The minimum atomic E-state index is -1.09. The summed E-state index contributed by atoms with van der Waals surface area (Å²) in [7, 11) is 0. The molecule has 0 bridgehead atoms. The Bertz CT molecular complexity index is 391. The number of para-hydroxylation sites is 1. The topological polar surface area (TPSA) is 53.0 Å². The molecule has 1 heterocycles. The van der Waals surface area contributed by atoms with Crippen LogP contribution in [0.15, 0.2) is 30.3 Å². The first-order chi connectivity index (χ1) is 9.27. The molecule has 1 aromatic rings. The van der Waals surface area contributed by atoms with Gasteiger partial charge in [-0.15, -0.1) is 0 Å². The third-order valence-corrected chi connectivity index (χ3v) is 3.24. The summed E-state index contributed by atoms with van der Waals surface area (Å²) in [4.78, 5) is 18.9. The van der Waals surface area contributed by atoms with Crippen LogP contribution in [-0.4, -0.2) is 42.3 Å². The van der Waals surface area contributed by atoms with Crippen LogP contribution in [0.25, 0.3) is 0 Å². The second-order valence-electron chi connectivity index (χ2n) is 4.65. The van der Waals surface area contributed by atoms with Gasteiger partial charge in [0.1, 0.15) is 0 Å². The number of hydroxylamine groups is 1. The Morgan fingerprint density at radius 2 is 1.89 bits per heavy atom. The molecule has 0 atom stereocenters. The standard InChI is InChI=1S/C14H20N2O3/c17-14(18)16(13-7-3-1-4-8-13)19-12-11-15-9-5-2-6-10-15/h1,3-4,7-8H,2,5-6,9-12H2,(H,17,18). The zero-order valence-electron chi connectivity index (χ0n) is 11.0. The maximum Gasteiger partial charge on any atom is 0.436 e. The molecule has 1 aliphatic heterocycles. The third-order valence-electron chi connectivity index (χ3n) is 3.24. The Morgan fingerprint density at radius 1 is 1.21 bits per heavy atom. The SMILES string of the molecule is O=C(O)N(OCCN1CCCCC1)c1ccccc1. The normalized spacial score (nSPS) is 16.2. The van der Waals surface area contributed by atoms with Crippen molar-refractivity contribution in [1.82, 2.24) is 4.90 Å². The summed E-state index contributed by atoms with van der Waals surface area (Å²) in [6.45, 7) is 3.33. The van der Waals surface area contributed by atoms with Crippen molar-refractivity contribution in [3.8, 4) is 0 Å². The number of piperidine rings is 1. The van der Waals surface area contributed by atoms with Crippen molar-refractivity contribution in [2.75, 3.05) is 31.3 Å². The zero-order valence-corrected chi connectivity index (χ0v) is 11.0. The van der Waals surface area contributed by atoms with Gasteiger partial charge in [-0.2, -0.15) is 5.06 Å². The van der Waals surface area contributed by atoms with Gasteiger partial charge in [0.2, 0.25) is 0 Å². The van der Waals surface area contributed by atoms with E-state index in [2.05, 4.69) is 4.90 Å². The molecule has 1 fully saturated rings. The van der Waals surface area contributed by atoms with Crippen LogP contribution in [0.2, 0.25) is 0 Å². The molecule has 5 nitrogen and oxygen atoms in total. The van der Waals surface area contributed by atoms with Crippen LogP contribution >= 0.6 is 0 Å². The van der Waals surface area contributed by atoms with Gasteiger partial charge in [0.05, 0.1) is 12.3 Å². The Kier molecular flexibility index (Phi) is 5.18. The number of anilines is 1. The monoisotopic (exact) mass is 264 g/mol. The van der Waals surface area contributed by atoms with E-state index < -0.39 is 6.09 Å². The van der Waals surface area contributed by atoms with E-state index in [-0.39, 0.29) is 0 Å². The van der Waals surface area contributed by atoms with Gasteiger partial charge < -0.3 is 10.0 Å². The number of carbonyl (C=O) groups is 1. The van der Waals surface area contributed by atoms with E-state index in [0.29, 0.717) is 12.3 Å². The lowest BCUT2D eigenvalue weighted by Crippen LogP contribution is -2.36. The fraction of sp³-hybridized carbons (Fsp3) is 0.500.